The molecule has 16 heavy (non-hydrogen) atoms. The Morgan fingerprint density at radius 3 is 1.69 bits per heavy atom. The zero-order valence-electron chi connectivity index (χ0n) is 10.0. The zero-order valence-corrected chi connectivity index (χ0v) is 10.0. The molecule has 0 rings (SSSR count). The van der Waals surface area contributed by atoms with Crippen molar-refractivity contribution in [3.8, 4) is 0 Å². The smallest absolute Gasteiger partial charge is 0.232 e. The number of nitrogens with one attached hydrogen (secondary N) is 2. The Labute approximate surface area is 95.7 Å². The molecule has 0 radical (unpaired) electrons. The van der Waals surface area contributed by atoms with Crippen LogP contribution in [0.15, 0.2) is 0 Å². The average Bonchev–Trinajstić information content (AvgIpc) is 2.28. The van der Waals surface area contributed by atoms with E-state index in [0.29, 0.717) is 26.3 Å². The van der Waals surface area contributed by atoms with Crippen molar-refractivity contribution in [3.63, 3.8) is 0 Å². The lowest BCUT2D eigenvalue weighted by Gasteiger charge is -2.12. The number of hydrogen-bond acceptors (Lipinski definition) is 4. The van der Waals surface area contributed by atoms with Gasteiger partial charge in [0, 0.05) is 27.3 Å². The fraction of sp³-hybridized carbons (Fsp3) is 0.800. The predicted octanol–water partition coefficient (Wildman–Crippen LogP) is -0.852. The summed E-state index contributed by atoms with van der Waals surface area (Å²) in [6.45, 7) is 3.24. The van der Waals surface area contributed by atoms with Crippen molar-refractivity contribution in [3.05, 3.63) is 0 Å². The first kappa shape index (κ1) is 14.9. The van der Waals surface area contributed by atoms with Crippen molar-refractivity contribution in [1.29, 1.82) is 0 Å². The van der Waals surface area contributed by atoms with Crippen molar-refractivity contribution in [2.45, 2.75) is 6.92 Å². The van der Waals surface area contributed by atoms with Crippen LogP contribution in [0.1, 0.15) is 6.92 Å². The lowest BCUT2D eigenvalue weighted by molar-refractivity contribution is -0.134. The first-order valence-corrected chi connectivity index (χ1v) is 5.16. The molecule has 0 unspecified atom stereocenters. The van der Waals surface area contributed by atoms with Gasteiger partial charge in [0.1, 0.15) is 5.92 Å². The maximum atomic E-state index is 11.4. The molecule has 0 bridgehead atoms. The van der Waals surface area contributed by atoms with Crippen molar-refractivity contribution < 1.29 is 19.1 Å². The SMILES string of the molecule is COCCNC(=O)C(C)C(=O)NCCOC. The number of methoxy groups -OCH3 is 2. The van der Waals surface area contributed by atoms with Crippen LogP contribution in [0.2, 0.25) is 0 Å². The van der Waals surface area contributed by atoms with Crippen molar-refractivity contribution in [1.82, 2.24) is 10.6 Å². The molecule has 0 aromatic heterocycles. The van der Waals surface area contributed by atoms with Crippen LogP contribution in [0.25, 0.3) is 0 Å². The van der Waals surface area contributed by atoms with Crippen molar-refractivity contribution in [2.24, 2.45) is 5.92 Å². The van der Waals surface area contributed by atoms with Gasteiger partial charge in [0.2, 0.25) is 11.8 Å². The van der Waals surface area contributed by atoms with Crippen LogP contribution < -0.4 is 10.6 Å². The molecule has 6 nitrogen and oxygen atoms in total. The number of ether oxygens (including phenoxy) is 2. The van der Waals surface area contributed by atoms with Gasteiger partial charge in [-0.1, -0.05) is 0 Å². The third-order valence-electron chi connectivity index (χ3n) is 2.00. The van der Waals surface area contributed by atoms with Gasteiger partial charge in [-0.15, -0.1) is 0 Å². The highest BCUT2D eigenvalue weighted by Gasteiger charge is 2.20. The van der Waals surface area contributed by atoms with Crippen LogP contribution in [0.5, 0.6) is 0 Å². The minimum atomic E-state index is -0.700. The molecule has 0 aromatic rings. The highest BCUT2D eigenvalue weighted by molar-refractivity contribution is 5.99. The summed E-state index contributed by atoms with van der Waals surface area (Å²) in [5.74, 6) is -1.30. The Hall–Kier alpha value is -1.14. The Kier molecular flexibility index (Phi) is 8.46. The molecule has 94 valence electrons. The molecule has 2 N–H and O–H groups in total. The highest BCUT2D eigenvalue weighted by Crippen LogP contribution is 1.94. The van der Waals surface area contributed by atoms with Gasteiger partial charge in [0.25, 0.3) is 0 Å². The molecule has 6 heteroatoms. The van der Waals surface area contributed by atoms with Gasteiger partial charge in [0.05, 0.1) is 13.2 Å². The third-order valence-corrected chi connectivity index (χ3v) is 2.00. The predicted molar refractivity (Wildman–Crippen MR) is 58.9 cm³/mol. The second kappa shape index (κ2) is 9.11. The molecular weight excluding hydrogens is 212 g/mol. The molecule has 0 atom stereocenters. The molecule has 0 fully saturated rings. The lowest BCUT2D eigenvalue weighted by atomic mass is 10.1. The summed E-state index contributed by atoms with van der Waals surface area (Å²) in [6, 6.07) is 0. The van der Waals surface area contributed by atoms with Crippen LogP contribution in [-0.4, -0.2) is 52.3 Å². The number of amides is 2. The van der Waals surface area contributed by atoms with Gasteiger partial charge in [-0.05, 0) is 6.92 Å². The second-order valence-corrected chi connectivity index (χ2v) is 3.29. The van der Waals surface area contributed by atoms with E-state index in [2.05, 4.69) is 10.6 Å². The van der Waals surface area contributed by atoms with E-state index in [-0.39, 0.29) is 11.8 Å². The Morgan fingerprint density at radius 2 is 1.38 bits per heavy atom. The summed E-state index contributed by atoms with van der Waals surface area (Å²) in [5.41, 5.74) is 0. The number of hydrogen-bond donors (Lipinski definition) is 2. The van der Waals surface area contributed by atoms with E-state index in [9.17, 15) is 9.59 Å². The Morgan fingerprint density at radius 1 is 1.00 bits per heavy atom. The minimum absolute atomic E-state index is 0.299. The van der Waals surface area contributed by atoms with E-state index >= 15 is 0 Å². The van der Waals surface area contributed by atoms with Gasteiger partial charge in [-0.2, -0.15) is 0 Å². The molecule has 0 aliphatic heterocycles. The van der Waals surface area contributed by atoms with Crippen LogP contribution >= 0.6 is 0 Å². The number of rotatable bonds is 8. The monoisotopic (exact) mass is 232 g/mol. The molecule has 2 amide bonds. The van der Waals surface area contributed by atoms with Crippen molar-refractivity contribution in [2.75, 3.05) is 40.5 Å². The first-order valence-electron chi connectivity index (χ1n) is 5.16. The summed E-state index contributed by atoms with van der Waals surface area (Å²) in [4.78, 5) is 22.9. The maximum absolute atomic E-state index is 11.4. The number of carbonyl (C=O) groups excluding carboxylic acids is 2. The molecule has 0 spiro atoms. The summed E-state index contributed by atoms with van der Waals surface area (Å²) >= 11 is 0. The summed E-state index contributed by atoms with van der Waals surface area (Å²) in [7, 11) is 3.10. The molecule has 0 heterocycles. The number of carbonyl (C=O) groups is 2. The first-order chi connectivity index (χ1) is 7.63. The molecule has 0 aliphatic rings. The van der Waals surface area contributed by atoms with Crippen LogP contribution in [-0.2, 0) is 19.1 Å². The average molecular weight is 232 g/mol. The van der Waals surface area contributed by atoms with Gasteiger partial charge < -0.3 is 20.1 Å². The van der Waals surface area contributed by atoms with E-state index in [1.807, 2.05) is 0 Å². The van der Waals surface area contributed by atoms with Gasteiger partial charge in [0.15, 0.2) is 0 Å². The van der Waals surface area contributed by atoms with Crippen LogP contribution in [0.3, 0.4) is 0 Å². The van der Waals surface area contributed by atoms with Crippen molar-refractivity contribution >= 4 is 11.8 Å². The lowest BCUT2D eigenvalue weighted by Crippen LogP contribution is -2.41. The summed E-state index contributed by atoms with van der Waals surface area (Å²) in [6.07, 6.45) is 0. The van der Waals surface area contributed by atoms with Gasteiger partial charge in [-0.3, -0.25) is 9.59 Å². The molecule has 0 saturated carbocycles. The van der Waals surface area contributed by atoms with Gasteiger partial charge >= 0.3 is 0 Å². The second-order valence-electron chi connectivity index (χ2n) is 3.29. The van der Waals surface area contributed by atoms with Gasteiger partial charge in [-0.25, -0.2) is 0 Å². The molecule has 0 aromatic carbocycles. The van der Waals surface area contributed by atoms with E-state index in [1.165, 1.54) is 0 Å². The molecule has 0 aliphatic carbocycles. The third kappa shape index (κ3) is 6.36. The quantitative estimate of drug-likeness (QED) is 0.422. The summed E-state index contributed by atoms with van der Waals surface area (Å²) < 4.78 is 9.56. The minimum Gasteiger partial charge on any atom is -0.383 e. The highest BCUT2D eigenvalue weighted by atomic mass is 16.5. The Balaban J connectivity index is 3.78. The molecule has 0 saturated heterocycles. The van der Waals surface area contributed by atoms with E-state index in [1.54, 1.807) is 21.1 Å². The van der Waals surface area contributed by atoms with Crippen LogP contribution in [0.4, 0.5) is 0 Å². The fourth-order valence-electron chi connectivity index (χ4n) is 0.978. The van der Waals surface area contributed by atoms with E-state index < -0.39 is 5.92 Å². The maximum Gasteiger partial charge on any atom is 0.232 e. The molecular formula is C10H20N2O4. The largest absolute Gasteiger partial charge is 0.383 e. The standard InChI is InChI=1S/C10H20N2O4/c1-8(9(13)11-4-6-15-2)10(14)12-5-7-16-3/h8H,4-7H2,1-3H3,(H,11,13)(H,12,14). The van der Waals surface area contributed by atoms with Crippen LogP contribution in [0, 0.1) is 5.92 Å². The zero-order chi connectivity index (χ0) is 12.4. The topological polar surface area (TPSA) is 76.7 Å². The Bertz CT molecular complexity index is 199. The fourth-order valence-corrected chi connectivity index (χ4v) is 0.978. The normalized spacial score (nSPS) is 10.2. The van der Waals surface area contributed by atoms with E-state index in [4.69, 9.17) is 9.47 Å². The summed E-state index contributed by atoms with van der Waals surface area (Å²) in [5, 5.41) is 5.20. The van der Waals surface area contributed by atoms with E-state index in [0.717, 1.165) is 0 Å².